The zero-order valence-corrected chi connectivity index (χ0v) is 25.1. The zero-order chi connectivity index (χ0) is 27.3. The van der Waals surface area contributed by atoms with Gasteiger partial charge in [0.1, 0.15) is 0 Å². The summed E-state index contributed by atoms with van der Waals surface area (Å²) < 4.78 is 3.46. The molecule has 1 aromatic heterocycles. The first-order chi connectivity index (χ1) is 19.1. The Morgan fingerprint density at radius 2 is 1.82 bits per heavy atom. The van der Waals surface area contributed by atoms with Crippen LogP contribution in [0.2, 0.25) is 0 Å². The summed E-state index contributed by atoms with van der Waals surface area (Å²) in [4.78, 5) is 23.2. The number of likely N-dealkylation sites (N-methyl/N-ethyl adjacent to an activating group) is 1. The molecular weight excluding hydrogens is 523 g/mol. The average molecular weight is 566 g/mol. The highest BCUT2D eigenvalue weighted by Crippen LogP contribution is 2.29. The van der Waals surface area contributed by atoms with E-state index in [-0.39, 0.29) is 5.91 Å². The van der Waals surface area contributed by atoms with Crippen LogP contribution in [0.1, 0.15) is 57.4 Å². The topological polar surface area (TPSA) is 60.5 Å². The summed E-state index contributed by atoms with van der Waals surface area (Å²) in [7, 11) is 2.19. The van der Waals surface area contributed by atoms with Crippen molar-refractivity contribution in [2.24, 2.45) is 0 Å². The number of carbonyl (C=O) groups excluding carboxylic acids is 1. The molecule has 0 atom stereocenters. The third-order valence-corrected chi connectivity index (χ3v) is 8.77. The Morgan fingerprint density at radius 3 is 2.62 bits per heavy atom. The van der Waals surface area contributed by atoms with Crippen molar-refractivity contribution >= 4 is 40.0 Å². The Labute approximate surface area is 242 Å². The summed E-state index contributed by atoms with van der Waals surface area (Å²) in [5, 5.41) is 5.67. The van der Waals surface area contributed by atoms with E-state index in [1.54, 1.807) is 11.9 Å². The lowest BCUT2D eigenvalue weighted by atomic mass is 10.1. The Hall–Kier alpha value is -2.39. The van der Waals surface area contributed by atoms with Crippen LogP contribution in [0.15, 0.2) is 58.8 Å². The number of rotatable bonds is 15. The van der Waals surface area contributed by atoms with Crippen LogP contribution in [0.5, 0.6) is 0 Å². The van der Waals surface area contributed by atoms with Gasteiger partial charge in [0, 0.05) is 54.1 Å². The van der Waals surface area contributed by atoms with Crippen molar-refractivity contribution < 1.29 is 4.79 Å². The van der Waals surface area contributed by atoms with E-state index >= 15 is 0 Å². The lowest BCUT2D eigenvalue weighted by molar-refractivity contribution is -0.116. The maximum Gasteiger partial charge on any atom is 0.226 e. The summed E-state index contributed by atoms with van der Waals surface area (Å²) >= 11 is 3.10. The maximum atomic E-state index is 12.4. The van der Waals surface area contributed by atoms with E-state index in [4.69, 9.17) is 0 Å². The molecule has 8 heteroatoms. The number of hydrogen-bond donors (Lipinski definition) is 2. The zero-order valence-electron chi connectivity index (χ0n) is 23.5. The Balaban J connectivity index is 1.17. The standard InChI is InChI=1S/C31H43N5OS2/c1-3-4-6-10-25-14-16-28(17-15-25)39-34-27-12-9-11-26(23-27)29-24-38-31(32-29)33-30(37)13-7-5-8-18-36-21-19-35(2)20-22-36/h9,11-12,14-17,23-24,34H,3-8,10,13,18-22H2,1-2H3,(H,32,33,37). The molecule has 4 rings (SSSR count). The fourth-order valence-corrected chi connectivity index (χ4v) is 6.05. The molecule has 0 radical (unpaired) electrons. The third kappa shape index (κ3) is 10.3. The molecule has 0 aliphatic carbocycles. The van der Waals surface area contributed by atoms with Crippen LogP contribution in [0.3, 0.4) is 0 Å². The van der Waals surface area contributed by atoms with Crippen LogP contribution in [0, 0.1) is 0 Å². The van der Waals surface area contributed by atoms with E-state index in [9.17, 15) is 4.79 Å². The second-order valence-corrected chi connectivity index (χ2v) is 12.2. The fraction of sp³-hybridized carbons (Fsp3) is 0.484. The summed E-state index contributed by atoms with van der Waals surface area (Å²) in [5.74, 6) is 0.0543. The highest BCUT2D eigenvalue weighted by molar-refractivity contribution is 8.00. The quantitative estimate of drug-likeness (QED) is 0.148. The third-order valence-electron chi connectivity index (χ3n) is 7.16. The molecule has 1 amide bonds. The molecule has 1 saturated heterocycles. The lowest BCUT2D eigenvalue weighted by Gasteiger charge is -2.32. The van der Waals surface area contributed by atoms with Crippen LogP contribution in [-0.2, 0) is 11.2 Å². The van der Waals surface area contributed by atoms with E-state index in [1.165, 1.54) is 41.1 Å². The molecule has 6 nitrogen and oxygen atoms in total. The van der Waals surface area contributed by atoms with E-state index in [1.807, 2.05) is 11.4 Å². The van der Waals surface area contributed by atoms with Crippen molar-refractivity contribution in [3.05, 3.63) is 59.5 Å². The Kier molecular flexibility index (Phi) is 12.2. The van der Waals surface area contributed by atoms with Gasteiger partial charge in [0.25, 0.3) is 0 Å². The molecule has 0 saturated carbocycles. The Bertz CT molecular complexity index is 1140. The van der Waals surface area contributed by atoms with Gasteiger partial charge in [0.2, 0.25) is 5.91 Å². The molecule has 2 N–H and O–H groups in total. The number of thiazole rings is 1. The lowest BCUT2D eigenvalue weighted by Crippen LogP contribution is -2.44. The van der Waals surface area contributed by atoms with Crippen LogP contribution in [0.4, 0.5) is 10.8 Å². The number of aryl methyl sites for hydroxylation is 1. The molecule has 3 aromatic rings. The number of hydrogen-bond acceptors (Lipinski definition) is 7. The number of carbonyl (C=O) groups is 1. The first-order valence-electron chi connectivity index (χ1n) is 14.4. The summed E-state index contributed by atoms with van der Waals surface area (Å²) in [5.41, 5.74) is 4.35. The van der Waals surface area contributed by atoms with Crippen molar-refractivity contribution in [1.82, 2.24) is 14.8 Å². The van der Waals surface area contributed by atoms with Gasteiger partial charge in [-0.25, -0.2) is 4.98 Å². The predicted octanol–water partition coefficient (Wildman–Crippen LogP) is 7.41. The molecule has 1 aliphatic rings. The summed E-state index contributed by atoms with van der Waals surface area (Å²) in [6.07, 6.45) is 8.67. The number of nitrogens with one attached hydrogen (secondary N) is 2. The highest BCUT2D eigenvalue weighted by Gasteiger charge is 2.13. The van der Waals surface area contributed by atoms with Gasteiger partial charge in [-0.05, 0) is 81.1 Å². The van der Waals surface area contributed by atoms with Crippen molar-refractivity contribution in [3.8, 4) is 11.3 Å². The van der Waals surface area contributed by atoms with Gasteiger partial charge in [0.05, 0.1) is 5.69 Å². The number of nitrogens with zero attached hydrogens (tertiary/aromatic N) is 3. The molecular formula is C31H43N5OS2. The molecule has 2 heterocycles. The minimum Gasteiger partial charge on any atom is -0.326 e. The molecule has 1 fully saturated rings. The number of benzene rings is 2. The molecule has 210 valence electrons. The molecule has 0 unspecified atom stereocenters. The molecule has 0 bridgehead atoms. The van der Waals surface area contributed by atoms with Gasteiger partial charge in [-0.3, -0.25) is 4.79 Å². The largest absolute Gasteiger partial charge is 0.326 e. The average Bonchev–Trinajstić information content (AvgIpc) is 3.42. The van der Waals surface area contributed by atoms with Gasteiger partial charge in [-0.1, -0.05) is 50.5 Å². The minimum absolute atomic E-state index is 0.0543. The highest BCUT2D eigenvalue weighted by atomic mass is 32.2. The maximum absolute atomic E-state index is 12.4. The van der Waals surface area contributed by atoms with Crippen LogP contribution < -0.4 is 10.0 Å². The number of aromatic nitrogens is 1. The Morgan fingerprint density at radius 1 is 1.00 bits per heavy atom. The van der Waals surface area contributed by atoms with Gasteiger partial charge < -0.3 is 19.8 Å². The SMILES string of the molecule is CCCCCc1ccc(SNc2cccc(-c3csc(NC(=O)CCCCCN4CCN(C)CC4)n3)c2)cc1. The molecule has 0 spiro atoms. The van der Waals surface area contributed by atoms with Crippen LogP contribution in [-0.4, -0.2) is 60.5 Å². The van der Waals surface area contributed by atoms with Crippen molar-refractivity contribution in [2.45, 2.75) is 63.2 Å². The summed E-state index contributed by atoms with van der Waals surface area (Å²) in [6, 6.07) is 17.1. The number of piperazine rings is 1. The number of unbranched alkanes of at least 4 members (excludes halogenated alkanes) is 4. The molecule has 2 aromatic carbocycles. The van der Waals surface area contributed by atoms with Gasteiger partial charge in [-0.2, -0.15) is 0 Å². The fourth-order valence-electron chi connectivity index (χ4n) is 4.68. The minimum atomic E-state index is 0.0543. The first kappa shape index (κ1) is 29.6. The second kappa shape index (κ2) is 16.0. The smallest absolute Gasteiger partial charge is 0.226 e. The molecule has 39 heavy (non-hydrogen) atoms. The van der Waals surface area contributed by atoms with Crippen LogP contribution in [0.25, 0.3) is 11.3 Å². The summed E-state index contributed by atoms with van der Waals surface area (Å²) in [6.45, 7) is 8.02. The first-order valence-corrected chi connectivity index (χ1v) is 16.1. The van der Waals surface area contributed by atoms with E-state index in [0.717, 1.165) is 75.4 Å². The monoisotopic (exact) mass is 565 g/mol. The van der Waals surface area contributed by atoms with Gasteiger partial charge in [0.15, 0.2) is 5.13 Å². The van der Waals surface area contributed by atoms with Crippen LogP contribution >= 0.6 is 23.3 Å². The van der Waals surface area contributed by atoms with E-state index < -0.39 is 0 Å². The van der Waals surface area contributed by atoms with Gasteiger partial charge in [-0.15, -0.1) is 11.3 Å². The number of amides is 1. The van der Waals surface area contributed by atoms with E-state index in [0.29, 0.717) is 11.6 Å². The van der Waals surface area contributed by atoms with E-state index in [2.05, 4.69) is 81.3 Å². The normalized spacial score (nSPS) is 14.4. The van der Waals surface area contributed by atoms with Crippen molar-refractivity contribution in [3.63, 3.8) is 0 Å². The predicted molar refractivity (Wildman–Crippen MR) is 168 cm³/mol. The van der Waals surface area contributed by atoms with Crippen molar-refractivity contribution in [2.75, 3.05) is 49.8 Å². The number of anilines is 2. The molecule has 1 aliphatic heterocycles. The van der Waals surface area contributed by atoms with Crippen molar-refractivity contribution in [1.29, 1.82) is 0 Å². The second-order valence-electron chi connectivity index (χ2n) is 10.4. The van der Waals surface area contributed by atoms with Gasteiger partial charge >= 0.3 is 0 Å².